The van der Waals surface area contributed by atoms with Gasteiger partial charge in [-0.1, -0.05) is 28.1 Å². The Bertz CT molecular complexity index is 615. The lowest BCUT2D eigenvalue weighted by molar-refractivity contribution is 0.416. The summed E-state index contributed by atoms with van der Waals surface area (Å²) in [5, 5.41) is 3.30. The van der Waals surface area contributed by atoms with Gasteiger partial charge in [-0.3, -0.25) is 0 Å². The van der Waals surface area contributed by atoms with Gasteiger partial charge >= 0.3 is 0 Å². The number of benzene rings is 2. The van der Waals surface area contributed by atoms with Crippen LogP contribution in [0, 0.1) is 12.7 Å². The summed E-state index contributed by atoms with van der Waals surface area (Å²) in [6.07, 6.45) is 0. The maximum absolute atomic E-state index is 14.0. The molecule has 2 nitrogen and oxygen atoms in total. The van der Waals surface area contributed by atoms with Gasteiger partial charge in [0.25, 0.3) is 0 Å². The minimum atomic E-state index is -0.231. The number of halogens is 2. The molecule has 4 heteroatoms. The maximum Gasteiger partial charge on any atom is 0.141 e. The molecule has 0 bridgehead atoms. The van der Waals surface area contributed by atoms with Crippen LogP contribution in [0.4, 0.5) is 10.1 Å². The first kappa shape index (κ1) is 14.9. The minimum absolute atomic E-state index is 0.154. The minimum Gasteiger partial charge on any atom is -0.495 e. The first-order chi connectivity index (χ1) is 9.51. The van der Waals surface area contributed by atoms with Crippen molar-refractivity contribution in [2.75, 3.05) is 12.4 Å². The summed E-state index contributed by atoms with van der Waals surface area (Å²) in [7, 11) is 1.63. The summed E-state index contributed by atoms with van der Waals surface area (Å²) < 4.78 is 20.0. The molecular formula is C16H17BrFNO. The molecule has 2 rings (SSSR count). The Morgan fingerprint density at radius 1 is 1.20 bits per heavy atom. The van der Waals surface area contributed by atoms with Crippen molar-refractivity contribution in [3.05, 3.63) is 57.8 Å². The third-order valence-electron chi connectivity index (χ3n) is 3.16. The Morgan fingerprint density at radius 2 is 1.95 bits per heavy atom. The van der Waals surface area contributed by atoms with Crippen LogP contribution in [0.15, 0.2) is 40.9 Å². The summed E-state index contributed by atoms with van der Waals surface area (Å²) in [4.78, 5) is 0. The topological polar surface area (TPSA) is 21.3 Å². The Labute approximate surface area is 127 Å². The smallest absolute Gasteiger partial charge is 0.141 e. The van der Waals surface area contributed by atoms with Gasteiger partial charge in [0.1, 0.15) is 11.6 Å². The standard InChI is InChI=1S/C16H17BrFNO/c1-10-4-7-16(20-3)15(8-10)19-11(2)13-6-5-12(17)9-14(13)18/h4-9,11,19H,1-3H3. The zero-order valence-corrected chi connectivity index (χ0v) is 13.3. The summed E-state index contributed by atoms with van der Waals surface area (Å²) in [5.74, 6) is 0.519. The van der Waals surface area contributed by atoms with Crippen molar-refractivity contribution in [1.29, 1.82) is 0 Å². The average molecular weight is 338 g/mol. The van der Waals surface area contributed by atoms with Crippen molar-refractivity contribution in [2.45, 2.75) is 19.9 Å². The van der Waals surface area contributed by atoms with E-state index >= 15 is 0 Å². The number of nitrogens with one attached hydrogen (secondary N) is 1. The van der Waals surface area contributed by atoms with E-state index in [1.807, 2.05) is 38.1 Å². The predicted octanol–water partition coefficient (Wildman–Crippen LogP) is 5.08. The molecule has 0 saturated heterocycles. The van der Waals surface area contributed by atoms with Gasteiger partial charge in [0.2, 0.25) is 0 Å². The Kier molecular flexibility index (Phi) is 4.65. The van der Waals surface area contributed by atoms with E-state index in [2.05, 4.69) is 21.2 Å². The number of hydrogen-bond donors (Lipinski definition) is 1. The molecule has 2 aromatic carbocycles. The second-order valence-corrected chi connectivity index (χ2v) is 5.65. The van der Waals surface area contributed by atoms with Gasteiger partial charge in [-0.25, -0.2) is 4.39 Å². The molecule has 0 aromatic heterocycles. The number of anilines is 1. The normalized spacial score (nSPS) is 12.1. The number of ether oxygens (including phenoxy) is 1. The highest BCUT2D eigenvalue weighted by Gasteiger charge is 2.13. The van der Waals surface area contributed by atoms with Crippen LogP contribution in [0.1, 0.15) is 24.1 Å². The van der Waals surface area contributed by atoms with Crippen LogP contribution in [0.5, 0.6) is 5.75 Å². The Morgan fingerprint density at radius 3 is 2.60 bits per heavy atom. The highest BCUT2D eigenvalue weighted by molar-refractivity contribution is 9.10. The van der Waals surface area contributed by atoms with E-state index in [0.29, 0.717) is 5.56 Å². The van der Waals surface area contributed by atoms with Gasteiger partial charge in [-0.05, 0) is 43.7 Å². The molecule has 0 aliphatic heterocycles. The summed E-state index contributed by atoms with van der Waals surface area (Å²) in [5.41, 5.74) is 2.61. The Hall–Kier alpha value is -1.55. The van der Waals surface area contributed by atoms with Crippen LogP contribution in [-0.4, -0.2) is 7.11 Å². The van der Waals surface area contributed by atoms with Crippen LogP contribution >= 0.6 is 15.9 Å². The molecule has 0 saturated carbocycles. The number of rotatable bonds is 4. The van der Waals surface area contributed by atoms with Crippen LogP contribution < -0.4 is 10.1 Å². The van der Waals surface area contributed by atoms with E-state index in [9.17, 15) is 4.39 Å². The molecule has 0 heterocycles. The van der Waals surface area contributed by atoms with E-state index in [1.54, 1.807) is 13.2 Å². The Balaban J connectivity index is 2.27. The van der Waals surface area contributed by atoms with Crippen molar-refractivity contribution in [2.24, 2.45) is 0 Å². The zero-order valence-electron chi connectivity index (χ0n) is 11.7. The maximum atomic E-state index is 14.0. The molecule has 1 atom stereocenters. The van der Waals surface area contributed by atoms with Crippen LogP contribution in [-0.2, 0) is 0 Å². The quantitative estimate of drug-likeness (QED) is 0.840. The molecule has 0 aliphatic carbocycles. The molecule has 0 spiro atoms. The molecule has 0 radical (unpaired) electrons. The zero-order chi connectivity index (χ0) is 14.7. The molecule has 1 N–H and O–H groups in total. The highest BCUT2D eigenvalue weighted by atomic mass is 79.9. The summed E-state index contributed by atoms with van der Waals surface area (Å²) in [6, 6.07) is 10.8. The van der Waals surface area contributed by atoms with Crippen LogP contribution in [0.2, 0.25) is 0 Å². The molecular weight excluding hydrogens is 321 g/mol. The van der Waals surface area contributed by atoms with Crippen molar-refractivity contribution in [3.8, 4) is 5.75 Å². The lowest BCUT2D eigenvalue weighted by atomic mass is 10.1. The molecule has 2 aromatic rings. The van der Waals surface area contributed by atoms with Gasteiger partial charge in [0, 0.05) is 10.0 Å². The van der Waals surface area contributed by atoms with E-state index in [0.717, 1.165) is 21.5 Å². The third kappa shape index (κ3) is 3.31. The highest BCUT2D eigenvalue weighted by Crippen LogP contribution is 2.30. The predicted molar refractivity (Wildman–Crippen MR) is 83.9 cm³/mol. The van der Waals surface area contributed by atoms with Crippen molar-refractivity contribution in [1.82, 2.24) is 0 Å². The lowest BCUT2D eigenvalue weighted by Gasteiger charge is -2.19. The third-order valence-corrected chi connectivity index (χ3v) is 3.65. The fourth-order valence-corrected chi connectivity index (χ4v) is 2.43. The van der Waals surface area contributed by atoms with Gasteiger partial charge < -0.3 is 10.1 Å². The fourth-order valence-electron chi connectivity index (χ4n) is 2.10. The first-order valence-corrected chi connectivity index (χ1v) is 7.16. The van der Waals surface area contributed by atoms with E-state index in [-0.39, 0.29) is 11.9 Å². The van der Waals surface area contributed by atoms with Gasteiger partial charge in [-0.15, -0.1) is 0 Å². The fraction of sp³-hybridized carbons (Fsp3) is 0.250. The number of methoxy groups -OCH3 is 1. The number of aryl methyl sites for hydroxylation is 1. The SMILES string of the molecule is COc1ccc(C)cc1NC(C)c1ccc(Br)cc1F. The molecule has 20 heavy (non-hydrogen) atoms. The summed E-state index contributed by atoms with van der Waals surface area (Å²) in [6.45, 7) is 3.93. The van der Waals surface area contributed by atoms with Crippen LogP contribution in [0.25, 0.3) is 0 Å². The first-order valence-electron chi connectivity index (χ1n) is 6.37. The van der Waals surface area contributed by atoms with E-state index < -0.39 is 0 Å². The van der Waals surface area contributed by atoms with Crippen molar-refractivity contribution in [3.63, 3.8) is 0 Å². The van der Waals surface area contributed by atoms with Crippen molar-refractivity contribution >= 4 is 21.6 Å². The molecule has 0 amide bonds. The van der Waals surface area contributed by atoms with Crippen LogP contribution in [0.3, 0.4) is 0 Å². The van der Waals surface area contributed by atoms with Gasteiger partial charge in [-0.2, -0.15) is 0 Å². The second kappa shape index (κ2) is 6.27. The van der Waals surface area contributed by atoms with Crippen molar-refractivity contribution < 1.29 is 9.13 Å². The average Bonchev–Trinajstić information content (AvgIpc) is 2.38. The molecule has 1 unspecified atom stereocenters. The molecule has 0 fully saturated rings. The monoisotopic (exact) mass is 337 g/mol. The van der Waals surface area contributed by atoms with Gasteiger partial charge in [0.05, 0.1) is 18.8 Å². The second-order valence-electron chi connectivity index (χ2n) is 4.74. The number of hydrogen-bond acceptors (Lipinski definition) is 2. The summed E-state index contributed by atoms with van der Waals surface area (Å²) >= 11 is 3.26. The molecule has 0 aliphatic rings. The largest absolute Gasteiger partial charge is 0.495 e. The van der Waals surface area contributed by atoms with Gasteiger partial charge in [0.15, 0.2) is 0 Å². The molecule has 106 valence electrons. The lowest BCUT2D eigenvalue weighted by Crippen LogP contribution is -2.09. The van der Waals surface area contributed by atoms with E-state index in [4.69, 9.17) is 4.74 Å². The van der Waals surface area contributed by atoms with E-state index in [1.165, 1.54) is 6.07 Å².